The monoisotopic (exact) mass is 350 g/mol. The Morgan fingerprint density at radius 1 is 1.33 bits per heavy atom. The molecule has 2 atom stereocenters. The van der Waals surface area contributed by atoms with Crippen LogP contribution in [0.25, 0.3) is 0 Å². The first-order valence-corrected chi connectivity index (χ1v) is 7.83. The van der Waals surface area contributed by atoms with Crippen LogP contribution in [0.4, 0.5) is 0 Å². The maximum absolute atomic E-state index is 12.6. The second kappa shape index (κ2) is 6.89. The molecule has 0 radical (unpaired) electrons. The lowest BCUT2D eigenvalue weighted by molar-refractivity contribution is -0.149. The first-order chi connectivity index (χ1) is 10.0. The largest absolute Gasteiger partial charge is 0.342 e. The SMILES string of the molecule is C=C(Br)CN1C(=O)C(CCC)NC(=O)C1c1ccccc1. The number of nitrogens with zero attached hydrogens (tertiary/aromatic N) is 1. The molecule has 21 heavy (non-hydrogen) atoms. The van der Waals surface area contributed by atoms with Crippen molar-refractivity contribution in [2.45, 2.75) is 31.8 Å². The van der Waals surface area contributed by atoms with E-state index in [-0.39, 0.29) is 11.8 Å². The van der Waals surface area contributed by atoms with Gasteiger partial charge in [0.2, 0.25) is 11.8 Å². The average Bonchev–Trinajstić information content (AvgIpc) is 2.45. The molecule has 2 rings (SSSR count). The Balaban J connectivity index is 2.35. The third-order valence-corrected chi connectivity index (χ3v) is 3.74. The number of benzene rings is 1. The summed E-state index contributed by atoms with van der Waals surface area (Å²) in [6.07, 6.45) is 1.49. The minimum atomic E-state index is -0.596. The molecule has 0 bridgehead atoms. The highest BCUT2D eigenvalue weighted by molar-refractivity contribution is 9.11. The average molecular weight is 351 g/mol. The molecule has 1 aliphatic heterocycles. The van der Waals surface area contributed by atoms with Crippen molar-refractivity contribution in [1.29, 1.82) is 0 Å². The maximum atomic E-state index is 12.6. The summed E-state index contributed by atoms with van der Waals surface area (Å²) in [6, 6.07) is 8.32. The van der Waals surface area contributed by atoms with Crippen LogP contribution in [-0.4, -0.2) is 29.3 Å². The molecule has 2 amide bonds. The molecule has 1 heterocycles. The fourth-order valence-electron chi connectivity index (χ4n) is 2.59. The molecule has 1 aliphatic rings. The highest BCUT2D eigenvalue weighted by atomic mass is 79.9. The Kier molecular flexibility index (Phi) is 5.17. The predicted octanol–water partition coefficient (Wildman–Crippen LogP) is 2.76. The second-order valence-corrected chi connectivity index (χ2v) is 6.27. The van der Waals surface area contributed by atoms with Crippen LogP contribution >= 0.6 is 15.9 Å². The lowest BCUT2D eigenvalue weighted by atomic mass is 9.98. The summed E-state index contributed by atoms with van der Waals surface area (Å²) in [5, 5.41) is 2.84. The number of piperazine rings is 1. The van der Waals surface area contributed by atoms with Crippen LogP contribution in [0, 0.1) is 0 Å². The normalized spacial score (nSPS) is 22.1. The quantitative estimate of drug-likeness (QED) is 0.887. The van der Waals surface area contributed by atoms with E-state index in [0.29, 0.717) is 17.4 Å². The molecule has 5 heteroatoms. The molecule has 0 aromatic heterocycles. The van der Waals surface area contributed by atoms with E-state index in [1.54, 1.807) is 4.90 Å². The van der Waals surface area contributed by atoms with Gasteiger partial charge in [-0.1, -0.05) is 66.2 Å². The van der Waals surface area contributed by atoms with Crippen LogP contribution in [0.1, 0.15) is 31.4 Å². The molecule has 1 saturated heterocycles. The van der Waals surface area contributed by atoms with E-state index in [1.807, 2.05) is 37.3 Å². The van der Waals surface area contributed by atoms with Crippen LogP contribution in [-0.2, 0) is 9.59 Å². The fourth-order valence-corrected chi connectivity index (χ4v) is 2.86. The Bertz CT molecular complexity index is 544. The first-order valence-electron chi connectivity index (χ1n) is 7.03. The molecule has 0 spiro atoms. The summed E-state index contributed by atoms with van der Waals surface area (Å²) in [5.41, 5.74) is 0.812. The Labute approximate surface area is 133 Å². The maximum Gasteiger partial charge on any atom is 0.248 e. The molecule has 2 unspecified atom stereocenters. The fraction of sp³-hybridized carbons (Fsp3) is 0.375. The molecule has 0 aliphatic carbocycles. The number of nitrogens with one attached hydrogen (secondary N) is 1. The van der Waals surface area contributed by atoms with Gasteiger partial charge >= 0.3 is 0 Å². The lowest BCUT2D eigenvalue weighted by Gasteiger charge is -2.39. The van der Waals surface area contributed by atoms with Crippen LogP contribution in [0.2, 0.25) is 0 Å². The third kappa shape index (κ3) is 3.53. The summed E-state index contributed by atoms with van der Waals surface area (Å²) in [7, 11) is 0. The molecule has 1 N–H and O–H groups in total. The number of halogens is 1. The zero-order valence-corrected chi connectivity index (χ0v) is 13.6. The third-order valence-electron chi connectivity index (χ3n) is 3.49. The van der Waals surface area contributed by atoms with Crippen molar-refractivity contribution in [2.24, 2.45) is 0 Å². The van der Waals surface area contributed by atoms with E-state index >= 15 is 0 Å². The minimum absolute atomic E-state index is 0.0501. The molecule has 112 valence electrons. The Hall–Kier alpha value is -1.62. The number of amides is 2. The molecule has 0 saturated carbocycles. The van der Waals surface area contributed by atoms with Gasteiger partial charge in [0, 0.05) is 4.48 Å². The molecular formula is C16H19BrN2O2. The lowest BCUT2D eigenvalue weighted by Crippen LogP contribution is -2.59. The number of rotatable bonds is 5. The van der Waals surface area contributed by atoms with Crippen molar-refractivity contribution >= 4 is 27.7 Å². The summed E-state index contributed by atoms with van der Waals surface area (Å²) in [6.45, 7) is 6.12. The zero-order valence-electron chi connectivity index (χ0n) is 12.0. The van der Waals surface area contributed by atoms with E-state index in [4.69, 9.17) is 0 Å². The zero-order chi connectivity index (χ0) is 15.4. The van der Waals surface area contributed by atoms with Crippen molar-refractivity contribution in [3.63, 3.8) is 0 Å². The number of hydrogen-bond donors (Lipinski definition) is 1. The first kappa shape index (κ1) is 15.8. The van der Waals surface area contributed by atoms with Crippen LogP contribution in [0.5, 0.6) is 0 Å². The van der Waals surface area contributed by atoms with Gasteiger partial charge in [0.15, 0.2) is 0 Å². The van der Waals surface area contributed by atoms with Gasteiger partial charge in [-0.25, -0.2) is 0 Å². The van der Waals surface area contributed by atoms with Crippen molar-refractivity contribution in [3.05, 3.63) is 47.0 Å². The van der Waals surface area contributed by atoms with Gasteiger partial charge in [-0.2, -0.15) is 0 Å². The summed E-state index contributed by atoms with van der Waals surface area (Å²) < 4.78 is 0.682. The summed E-state index contributed by atoms with van der Waals surface area (Å²) in [5.74, 6) is -0.182. The van der Waals surface area contributed by atoms with Crippen LogP contribution < -0.4 is 5.32 Å². The van der Waals surface area contributed by atoms with E-state index in [9.17, 15) is 9.59 Å². The van der Waals surface area contributed by atoms with Crippen molar-refractivity contribution in [3.8, 4) is 0 Å². The van der Waals surface area contributed by atoms with E-state index in [2.05, 4.69) is 27.8 Å². The van der Waals surface area contributed by atoms with E-state index in [0.717, 1.165) is 12.0 Å². The highest BCUT2D eigenvalue weighted by Gasteiger charge is 2.40. The molecule has 1 aromatic rings. The van der Waals surface area contributed by atoms with Gasteiger partial charge in [0.1, 0.15) is 12.1 Å². The predicted molar refractivity (Wildman–Crippen MR) is 85.8 cm³/mol. The number of carbonyl (C=O) groups excluding carboxylic acids is 2. The number of carbonyl (C=O) groups is 2. The Morgan fingerprint density at radius 2 is 2.00 bits per heavy atom. The van der Waals surface area contributed by atoms with Gasteiger partial charge in [0.25, 0.3) is 0 Å². The van der Waals surface area contributed by atoms with Crippen molar-refractivity contribution < 1.29 is 9.59 Å². The van der Waals surface area contributed by atoms with Crippen molar-refractivity contribution in [1.82, 2.24) is 10.2 Å². The number of hydrogen-bond acceptors (Lipinski definition) is 2. The van der Waals surface area contributed by atoms with Gasteiger partial charge < -0.3 is 10.2 Å². The van der Waals surface area contributed by atoms with Gasteiger partial charge in [-0.15, -0.1) is 0 Å². The minimum Gasteiger partial charge on any atom is -0.342 e. The van der Waals surface area contributed by atoms with Gasteiger partial charge in [0.05, 0.1) is 6.54 Å². The van der Waals surface area contributed by atoms with Crippen molar-refractivity contribution in [2.75, 3.05) is 6.54 Å². The van der Waals surface area contributed by atoms with E-state index < -0.39 is 12.1 Å². The standard InChI is InChI=1S/C16H19BrN2O2/c1-3-7-13-16(21)19(10-11(2)17)14(15(20)18-13)12-8-5-4-6-9-12/h4-6,8-9,13-14H,2-3,7,10H2,1H3,(H,18,20). The molecule has 4 nitrogen and oxygen atoms in total. The van der Waals surface area contributed by atoms with E-state index in [1.165, 1.54) is 0 Å². The second-order valence-electron chi connectivity index (χ2n) is 5.15. The van der Waals surface area contributed by atoms with Gasteiger partial charge in [-0.3, -0.25) is 9.59 Å². The van der Waals surface area contributed by atoms with Gasteiger partial charge in [-0.05, 0) is 12.0 Å². The topological polar surface area (TPSA) is 49.4 Å². The molecule has 1 fully saturated rings. The Morgan fingerprint density at radius 3 is 2.57 bits per heavy atom. The molecular weight excluding hydrogens is 332 g/mol. The highest BCUT2D eigenvalue weighted by Crippen LogP contribution is 2.27. The summed E-state index contributed by atoms with van der Waals surface area (Å²) >= 11 is 3.30. The smallest absolute Gasteiger partial charge is 0.248 e. The van der Waals surface area contributed by atoms with Crippen LogP contribution in [0.3, 0.4) is 0 Å². The summed E-state index contributed by atoms with van der Waals surface area (Å²) in [4.78, 5) is 26.7. The van der Waals surface area contributed by atoms with Crippen LogP contribution in [0.15, 0.2) is 41.4 Å². The molecule has 1 aromatic carbocycles.